The number of carbonyl (C=O) groups excluding carboxylic acids is 3. The van der Waals surface area contributed by atoms with Gasteiger partial charge in [-0.1, -0.05) is 0 Å². The number of benzene rings is 1. The fourth-order valence-electron chi connectivity index (χ4n) is 2.11. The van der Waals surface area contributed by atoms with Crippen molar-refractivity contribution >= 4 is 17.9 Å². The van der Waals surface area contributed by atoms with Crippen LogP contribution in [0.4, 0.5) is 4.79 Å². The van der Waals surface area contributed by atoms with Crippen LogP contribution in [0.1, 0.15) is 10.4 Å². The molecule has 124 valence electrons. The summed E-state index contributed by atoms with van der Waals surface area (Å²) in [5, 5.41) is 9.91. The van der Waals surface area contributed by atoms with Gasteiger partial charge in [-0.25, -0.2) is 9.59 Å². The van der Waals surface area contributed by atoms with Crippen molar-refractivity contribution in [3.05, 3.63) is 29.8 Å². The minimum absolute atomic E-state index is 0.0153. The topological polar surface area (TPSA) is 96.4 Å². The molecule has 1 atom stereocenters. The Balaban J connectivity index is 1.85. The number of hydrogen-bond donors (Lipinski definition) is 1. The number of amides is 3. The number of ether oxygens (including phenoxy) is 2. The van der Waals surface area contributed by atoms with Crippen LogP contribution in [0.2, 0.25) is 0 Å². The molecule has 8 heteroatoms. The second kappa shape index (κ2) is 7.10. The maximum atomic E-state index is 11.7. The summed E-state index contributed by atoms with van der Waals surface area (Å²) in [6, 6.07) is 5.78. The number of rotatable bonds is 6. The molecule has 0 bridgehead atoms. The Morgan fingerprint density at radius 3 is 2.48 bits per heavy atom. The van der Waals surface area contributed by atoms with E-state index in [0.717, 1.165) is 4.90 Å². The van der Waals surface area contributed by atoms with E-state index in [1.54, 1.807) is 12.1 Å². The van der Waals surface area contributed by atoms with Crippen molar-refractivity contribution in [1.29, 1.82) is 0 Å². The van der Waals surface area contributed by atoms with E-state index >= 15 is 0 Å². The van der Waals surface area contributed by atoms with Crippen molar-refractivity contribution in [2.24, 2.45) is 0 Å². The summed E-state index contributed by atoms with van der Waals surface area (Å²) in [5.74, 6) is -0.348. The minimum Gasteiger partial charge on any atom is -0.491 e. The fraction of sp³-hybridized carbons (Fsp3) is 0.400. The van der Waals surface area contributed by atoms with Crippen LogP contribution in [-0.4, -0.2) is 72.8 Å². The van der Waals surface area contributed by atoms with Crippen LogP contribution in [0.25, 0.3) is 0 Å². The summed E-state index contributed by atoms with van der Waals surface area (Å²) >= 11 is 0. The SMILES string of the molecule is COC(=O)c1ccc(OC[C@H](O)CN2C(=O)CN(C)C2=O)cc1. The van der Waals surface area contributed by atoms with Gasteiger partial charge >= 0.3 is 12.0 Å². The van der Waals surface area contributed by atoms with Crippen molar-refractivity contribution < 1.29 is 29.0 Å². The number of nitrogens with zero attached hydrogens (tertiary/aromatic N) is 2. The van der Waals surface area contributed by atoms with Crippen molar-refractivity contribution in [1.82, 2.24) is 9.80 Å². The van der Waals surface area contributed by atoms with Gasteiger partial charge in [-0.3, -0.25) is 9.69 Å². The Hall–Kier alpha value is -2.61. The van der Waals surface area contributed by atoms with Gasteiger partial charge in [-0.15, -0.1) is 0 Å². The first kappa shape index (κ1) is 16.8. The van der Waals surface area contributed by atoms with E-state index in [4.69, 9.17) is 4.74 Å². The molecule has 0 radical (unpaired) electrons. The first-order valence-electron chi connectivity index (χ1n) is 6.97. The molecular formula is C15H18N2O6. The lowest BCUT2D eigenvalue weighted by Crippen LogP contribution is -2.40. The zero-order chi connectivity index (χ0) is 17.0. The highest BCUT2D eigenvalue weighted by Crippen LogP contribution is 2.14. The first-order valence-corrected chi connectivity index (χ1v) is 6.97. The Morgan fingerprint density at radius 2 is 1.96 bits per heavy atom. The van der Waals surface area contributed by atoms with Crippen LogP contribution in [0, 0.1) is 0 Å². The zero-order valence-corrected chi connectivity index (χ0v) is 12.9. The minimum atomic E-state index is -1.00. The van der Waals surface area contributed by atoms with Gasteiger partial charge in [-0.05, 0) is 24.3 Å². The maximum Gasteiger partial charge on any atom is 0.337 e. The molecule has 23 heavy (non-hydrogen) atoms. The Morgan fingerprint density at radius 1 is 1.30 bits per heavy atom. The van der Waals surface area contributed by atoms with Gasteiger partial charge in [0.2, 0.25) is 5.91 Å². The second-order valence-corrected chi connectivity index (χ2v) is 5.12. The molecule has 1 N–H and O–H groups in total. The third-order valence-corrected chi connectivity index (χ3v) is 3.34. The Labute approximate surface area is 133 Å². The lowest BCUT2D eigenvalue weighted by Gasteiger charge is -2.18. The van der Waals surface area contributed by atoms with Gasteiger partial charge in [0.15, 0.2) is 0 Å². The predicted octanol–water partition coefficient (Wildman–Crippen LogP) is 0.107. The number of β-amino-alcohol motifs (C(OH)–C–C–N with tert-alkyl or cyclic N) is 1. The van der Waals surface area contributed by atoms with Gasteiger partial charge in [-0.2, -0.15) is 0 Å². The molecule has 1 heterocycles. The standard InChI is InChI=1S/C15H18N2O6/c1-16-8-13(19)17(15(16)21)7-11(18)9-23-12-5-3-10(4-6-12)14(20)22-2/h3-6,11,18H,7-9H2,1-2H3/t11-/m1/s1. The lowest BCUT2D eigenvalue weighted by molar-refractivity contribution is -0.126. The highest BCUT2D eigenvalue weighted by Gasteiger charge is 2.34. The van der Waals surface area contributed by atoms with Gasteiger partial charge in [0.05, 0.1) is 19.2 Å². The molecule has 1 aliphatic heterocycles. The summed E-state index contributed by atoms with van der Waals surface area (Å²) < 4.78 is 9.96. The molecule has 1 saturated heterocycles. The van der Waals surface area contributed by atoms with Crippen LogP contribution in [0.15, 0.2) is 24.3 Å². The van der Waals surface area contributed by atoms with E-state index in [-0.39, 0.29) is 25.6 Å². The number of hydrogen-bond acceptors (Lipinski definition) is 6. The lowest BCUT2D eigenvalue weighted by atomic mass is 10.2. The van der Waals surface area contributed by atoms with Crippen molar-refractivity contribution in [3.63, 3.8) is 0 Å². The Bertz CT molecular complexity index is 600. The number of urea groups is 1. The molecule has 0 spiro atoms. The van der Waals surface area contributed by atoms with Crippen molar-refractivity contribution in [2.45, 2.75) is 6.10 Å². The average molecular weight is 322 g/mol. The number of imide groups is 1. The molecule has 0 saturated carbocycles. The van der Waals surface area contributed by atoms with Gasteiger partial charge in [0.1, 0.15) is 25.0 Å². The van der Waals surface area contributed by atoms with E-state index in [2.05, 4.69) is 4.74 Å². The number of aliphatic hydroxyl groups is 1. The summed E-state index contributed by atoms with van der Waals surface area (Å²) in [4.78, 5) is 36.9. The molecule has 8 nitrogen and oxygen atoms in total. The molecule has 0 aliphatic carbocycles. The summed E-state index contributed by atoms with van der Waals surface area (Å²) in [6.07, 6.45) is -1.00. The number of esters is 1. The van der Waals surface area contributed by atoms with Crippen LogP contribution in [-0.2, 0) is 9.53 Å². The predicted molar refractivity (Wildman–Crippen MR) is 79.0 cm³/mol. The molecule has 0 unspecified atom stereocenters. The third-order valence-electron chi connectivity index (χ3n) is 3.34. The van der Waals surface area contributed by atoms with Crippen molar-refractivity contribution in [2.75, 3.05) is 33.9 Å². The molecule has 0 aromatic heterocycles. The van der Waals surface area contributed by atoms with Gasteiger partial charge in [0.25, 0.3) is 0 Å². The largest absolute Gasteiger partial charge is 0.491 e. The van der Waals surface area contributed by atoms with Crippen LogP contribution in [0.3, 0.4) is 0 Å². The van der Waals surface area contributed by atoms with E-state index in [0.29, 0.717) is 11.3 Å². The van der Waals surface area contributed by atoms with E-state index in [1.807, 2.05) is 0 Å². The highest BCUT2D eigenvalue weighted by atomic mass is 16.5. The van der Waals surface area contributed by atoms with Crippen LogP contribution in [0.5, 0.6) is 5.75 Å². The Kier molecular flexibility index (Phi) is 5.17. The fourth-order valence-corrected chi connectivity index (χ4v) is 2.11. The zero-order valence-electron chi connectivity index (χ0n) is 12.9. The van der Waals surface area contributed by atoms with Gasteiger partial charge in [0, 0.05) is 7.05 Å². The number of methoxy groups -OCH3 is 1. The molecule has 1 fully saturated rings. The maximum absolute atomic E-state index is 11.7. The smallest absolute Gasteiger partial charge is 0.337 e. The van der Waals surface area contributed by atoms with E-state index in [9.17, 15) is 19.5 Å². The summed E-state index contributed by atoms with van der Waals surface area (Å²) in [6.45, 7) is -0.192. The quantitative estimate of drug-likeness (QED) is 0.590. The number of likely N-dealkylation sites (N-methyl/N-ethyl adjacent to an activating group) is 1. The molecular weight excluding hydrogens is 304 g/mol. The van der Waals surface area contributed by atoms with E-state index < -0.39 is 18.1 Å². The monoisotopic (exact) mass is 322 g/mol. The number of carbonyl (C=O) groups is 3. The highest BCUT2D eigenvalue weighted by molar-refractivity contribution is 6.01. The van der Waals surface area contributed by atoms with Crippen LogP contribution < -0.4 is 4.74 Å². The second-order valence-electron chi connectivity index (χ2n) is 5.12. The molecule has 1 aliphatic rings. The van der Waals surface area contributed by atoms with Crippen molar-refractivity contribution in [3.8, 4) is 5.75 Å². The summed E-state index contributed by atoms with van der Waals surface area (Å²) in [7, 11) is 2.81. The van der Waals surface area contributed by atoms with Crippen LogP contribution >= 0.6 is 0 Å². The number of aliphatic hydroxyl groups excluding tert-OH is 1. The molecule has 1 aromatic carbocycles. The third kappa shape index (κ3) is 3.98. The molecule has 3 amide bonds. The average Bonchev–Trinajstić information content (AvgIpc) is 2.79. The molecule has 2 rings (SSSR count). The van der Waals surface area contributed by atoms with Gasteiger partial charge < -0.3 is 19.5 Å². The molecule has 1 aromatic rings. The summed E-state index contributed by atoms with van der Waals surface area (Å²) in [5.41, 5.74) is 0.386. The van der Waals surface area contributed by atoms with E-state index in [1.165, 1.54) is 31.2 Å². The first-order chi connectivity index (χ1) is 10.9. The normalized spacial score (nSPS) is 15.8.